The highest BCUT2D eigenvalue weighted by Crippen LogP contribution is 2.29. The highest BCUT2D eigenvalue weighted by atomic mass is 32.2. The topological polar surface area (TPSA) is 68.3 Å². The van der Waals surface area contributed by atoms with E-state index in [4.69, 9.17) is 5.73 Å². The van der Waals surface area contributed by atoms with Crippen molar-refractivity contribution in [1.82, 2.24) is 8.87 Å². The normalized spacial score (nSPS) is 17.2. The lowest BCUT2D eigenvalue weighted by Crippen LogP contribution is -2.38. The molecule has 114 valence electrons. The minimum Gasteiger partial charge on any atom is -0.349 e. The van der Waals surface area contributed by atoms with E-state index in [1.165, 1.54) is 0 Å². The van der Waals surface area contributed by atoms with Gasteiger partial charge in [-0.2, -0.15) is 4.31 Å². The van der Waals surface area contributed by atoms with Gasteiger partial charge in [0.25, 0.3) is 0 Å². The number of sulfonamides is 1. The van der Waals surface area contributed by atoms with E-state index in [-0.39, 0.29) is 6.04 Å². The van der Waals surface area contributed by atoms with Gasteiger partial charge >= 0.3 is 0 Å². The van der Waals surface area contributed by atoms with Gasteiger partial charge in [0.2, 0.25) is 10.0 Å². The quantitative estimate of drug-likeness (QED) is 0.872. The average molecular weight is 299 g/mol. The molecule has 1 saturated carbocycles. The van der Waals surface area contributed by atoms with Crippen LogP contribution in [0.15, 0.2) is 17.2 Å². The summed E-state index contributed by atoms with van der Waals surface area (Å²) in [6.07, 6.45) is 5.92. The predicted octanol–water partition coefficient (Wildman–Crippen LogP) is 1.92. The molecule has 1 aromatic rings. The lowest BCUT2D eigenvalue weighted by Gasteiger charge is -2.26. The molecule has 6 heteroatoms. The van der Waals surface area contributed by atoms with Gasteiger partial charge in [-0.3, -0.25) is 0 Å². The summed E-state index contributed by atoms with van der Waals surface area (Å²) >= 11 is 0. The second-order valence-electron chi connectivity index (χ2n) is 5.30. The van der Waals surface area contributed by atoms with E-state index in [0.717, 1.165) is 37.9 Å². The van der Waals surface area contributed by atoms with Gasteiger partial charge in [-0.15, -0.1) is 0 Å². The second-order valence-corrected chi connectivity index (χ2v) is 7.19. The summed E-state index contributed by atoms with van der Waals surface area (Å²) in [7, 11) is -3.40. The smallest absolute Gasteiger partial charge is 0.244 e. The Morgan fingerprint density at radius 1 is 1.35 bits per heavy atom. The van der Waals surface area contributed by atoms with Crippen LogP contribution in [0.5, 0.6) is 0 Å². The van der Waals surface area contributed by atoms with Gasteiger partial charge in [-0.05, 0) is 25.8 Å². The van der Waals surface area contributed by atoms with Crippen LogP contribution in [0, 0.1) is 0 Å². The van der Waals surface area contributed by atoms with Crippen molar-refractivity contribution in [2.75, 3.05) is 6.54 Å². The molecule has 1 aliphatic rings. The zero-order valence-electron chi connectivity index (χ0n) is 12.4. The second kappa shape index (κ2) is 6.28. The SMILES string of the molecule is CCN(C1CCCC1)S(=O)(=O)c1cc(CN)n(CC)c1. The van der Waals surface area contributed by atoms with E-state index in [9.17, 15) is 8.42 Å². The largest absolute Gasteiger partial charge is 0.349 e. The maximum absolute atomic E-state index is 12.8. The third-order valence-electron chi connectivity index (χ3n) is 4.16. The van der Waals surface area contributed by atoms with Gasteiger partial charge in [0, 0.05) is 37.6 Å². The fourth-order valence-corrected chi connectivity index (χ4v) is 4.84. The van der Waals surface area contributed by atoms with E-state index < -0.39 is 10.0 Å². The van der Waals surface area contributed by atoms with Crippen molar-refractivity contribution in [3.63, 3.8) is 0 Å². The number of hydrogen-bond acceptors (Lipinski definition) is 3. The number of nitrogens with zero attached hydrogens (tertiary/aromatic N) is 2. The zero-order valence-corrected chi connectivity index (χ0v) is 13.2. The minimum atomic E-state index is -3.40. The first kappa shape index (κ1) is 15.5. The van der Waals surface area contributed by atoms with Gasteiger partial charge in [0.05, 0.1) is 0 Å². The average Bonchev–Trinajstić information content (AvgIpc) is 3.07. The number of aromatic nitrogens is 1. The molecule has 1 fully saturated rings. The Hall–Kier alpha value is -0.850. The molecule has 0 bridgehead atoms. The van der Waals surface area contributed by atoms with Crippen LogP contribution < -0.4 is 5.73 Å². The third kappa shape index (κ3) is 2.77. The molecule has 2 rings (SSSR count). The van der Waals surface area contributed by atoms with Crippen molar-refractivity contribution in [3.05, 3.63) is 18.0 Å². The Morgan fingerprint density at radius 2 is 2.00 bits per heavy atom. The standard InChI is InChI=1S/C14H25N3O2S/c1-3-16-11-14(9-13(16)10-15)20(18,19)17(4-2)12-7-5-6-8-12/h9,11-12H,3-8,10,15H2,1-2H3. The van der Waals surface area contributed by atoms with Crippen LogP contribution >= 0.6 is 0 Å². The first-order valence-electron chi connectivity index (χ1n) is 7.45. The molecule has 0 aromatic carbocycles. The lowest BCUT2D eigenvalue weighted by molar-refractivity contribution is 0.335. The van der Waals surface area contributed by atoms with E-state index >= 15 is 0 Å². The first-order valence-corrected chi connectivity index (χ1v) is 8.89. The molecule has 0 saturated heterocycles. The van der Waals surface area contributed by atoms with Crippen LogP contribution in [0.4, 0.5) is 0 Å². The molecule has 0 unspecified atom stereocenters. The van der Waals surface area contributed by atoms with Crippen LogP contribution in [0.3, 0.4) is 0 Å². The van der Waals surface area contributed by atoms with Crippen molar-refractivity contribution < 1.29 is 8.42 Å². The number of hydrogen-bond donors (Lipinski definition) is 1. The molecule has 1 aliphatic carbocycles. The van der Waals surface area contributed by atoms with Gasteiger partial charge < -0.3 is 10.3 Å². The zero-order chi connectivity index (χ0) is 14.8. The molecule has 0 aliphatic heterocycles. The van der Waals surface area contributed by atoms with Crippen LogP contribution in [0.1, 0.15) is 45.2 Å². The molecule has 0 atom stereocenters. The highest BCUT2D eigenvalue weighted by Gasteiger charge is 2.32. The van der Waals surface area contributed by atoms with E-state index in [2.05, 4.69) is 0 Å². The van der Waals surface area contributed by atoms with Crippen LogP contribution in [-0.2, 0) is 23.1 Å². The highest BCUT2D eigenvalue weighted by molar-refractivity contribution is 7.89. The Kier molecular flexibility index (Phi) is 4.88. The summed E-state index contributed by atoms with van der Waals surface area (Å²) in [5, 5.41) is 0. The van der Waals surface area contributed by atoms with Crippen LogP contribution in [-0.4, -0.2) is 29.9 Å². The Balaban J connectivity index is 2.34. The molecule has 20 heavy (non-hydrogen) atoms. The summed E-state index contributed by atoms with van der Waals surface area (Å²) < 4.78 is 29.2. The molecule has 0 spiro atoms. The maximum Gasteiger partial charge on any atom is 0.244 e. The van der Waals surface area contributed by atoms with Gasteiger partial charge in [0.15, 0.2) is 0 Å². The van der Waals surface area contributed by atoms with Crippen molar-refractivity contribution in [2.45, 2.75) is 63.6 Å². The summed E-state index contributed by atoms with van der Waals surface area (Å²) in [4.78, 5) is 0.383. The van der Waals surface area contributed by atoms with Crippen molar-refractivity contribution in [3.8, 4) is 0 Å². The molecular weight excluding hydrogens is 274 g/mol. The summed E-state index contributed by atoms with van der Waals surface area (Å²) in [6, 6.07) is 1.88. The van der Waals surface area contributed by atoms with Crippen LogP contribution in [0.25, 0.3) is 0 Å². The molecule has 2 N–H and O–H groups in total. The fourth-order valence-electron chi connectivity index (χ4n) is 3.08. The first-order chi connectivity index (χ1) is 9.54. The molecule has 1 heterocycles. The fraction of sp³-hybridized carbons (Fsp3) is 0.714. The van der Waals surface area contributed by atoms with E-state index in [1.54, 1.807) is 16.6 Å². The Bertz CT molecular complexity index is 523. The Labute approximate surface area is 121 Å². The number of aryl methyl sites for hydroxylation is 1. The van der Waals surface area contributed by atoms with Crippen molar-refractivity contribution in [1.29, 1.82) is 0 Å². The number of nitrogens with two attached hydrogens (primary N) is 1. The summed E-state index contributed by atoms with van der Waals surface area (Å²) in [6.45, 7) is 5.53. The van der Waals surface area contributed by atoms with E-state index in [0.29, 0.717) is 18.0 Å². The Morgan fingerprint density at radius 3 is 2.45 bits per heavy atom. The van der Waals surface area contributed by atoms with Gasteiger partial charge in [-0.1, -0.05) is 19.8 Å². The summed E-state index contributed by atoms with van der Waals surface area (Å²) in [5.41, 5.74) is 6.55. The van der Waals surface area contributed by atoms with E-state index in [1.807, 2.05) is 18.4 Å². The molecule has 0 amide bonds. The maximum atomic E-state index is 12.8. The van der Waals surface area contributed by atoms with Crippen molar-refractivity contribution in [2.24, 2.45) is 5.73 Å². The van der Waals surface area contributed by atoms with Gasteiger partial charge in [-0.25, -0.2) is 8.42 Å². The van der Waals surface area contributed by atoms with Gasteiger partial charge in [0.1, 0.15) is 4.90 Å². The summed E-state index contributed by atoms with van der Waals surface area (Å²) in [5.74, 6) is 0. The molecule has 5 nitrogen and oxygen atoms in total. The minimum absolute atomic E-state index is 0.163. The monoisotopic (exact) mass is 299 g/mol. The van der Waals surface area contributed by atoms with Crippen LogP contribution in [0.2, 0.25) is 0 Å². The van der Waals surface area contributed by atoms with Crippen molar-refractivity contribution >= 4 is 10.0 Å². The molecule has 1 aromatic heterocycles. The third-order valence-corrected chi connectivity index (χ3v) is 6.15. The predicted molar refractivity (Wildman–Crippen MR) is 79.8 cm³/mol. The lowest BCUT2D eigenvalue weighted by atomic mass is 10.2. The number of rotatable bonds is 6. The molecular formula is C14H25N3O2S. The molecule has 0 radical (unpaired) electrons.